The molecule has 0 radical (unpaired) electrons. The molecule has 0 spiro atoms. The molecule has 0 bridgehead atoms. The predicted molar refractivity (Wildman–Crippen MR) is 96.6 cm³/mol. The second-order valence-electron chi connectivity index (χ2n) is 5.75. The standard InChI is InChI=1S/C17H15N3O2.C2H6/c1-20(2)9-10-6-7-13-12(8-10)16-15-11(17(21)19-18-16)4-3-5-14(15)22-13;1-2/h3-8H,9H2,1-2H3,(H,19,21);1-2H3. The molecule has 0 atom stereocenters. The summed E-state index contributed by atoms with van der Waals surface area (Å²) in [5.41, 5.74) is 2.66. The van der Waals surface area contributed by atoms with Crippen LogP contribution in [0.25, 0.3) is 22.0 Å². The number of H-pyrrole nitrogens is 1. The molecule has 1 aromatic heterocycles. The van der Waals surface area contributed by atoms with E-state index in [4.69, 9.17) is 4.74 Å². The molecule has 3 aromatic rings. The largest absolute Gasteiger partial charge is 0.456 e. The van der Waals surface area contributed by atoms with Gasteiger partial charge >= 0.3 is 0 Å². The normalized spacial score (nSPS) is 11.5. The van der Waals surface area contributed by atoms with Crippen LogP contribution in [0.2, 0.25) is 0 Å². The van der Waals surface area contributed by atoms with E-state index in [-0.39, 0.29) is 5.56 Å². The van der Waals surface area contributed by atoms with Gasteiger partial charge in [0.2, 0.25) is 0 Å². The summed E-state index contributed by atoms with van der Waals surface area (Å²) in [6, 6.07) is 11.6. The summed E-state index contributed by atoms with van der Waals surface area (Å²) in [7, 11) is 4.06. The summed E-state index contributed by atoms with van der Waals surface area (Å²) in [5.74, 6) is 1.45. The van der Waals surface area contributed by atoms with E-state index in [1.165, 1.54) is 5.56 Å². The Kier molecular flexibility index (Phi) is 4.36. The van der Waals surface area contributed by atoms with Gasteiger partial charge in [0.1, 0.15) is 17.2 Å². The number of hydrogen-bond donors (Lipinski definition) is 1. The highest BCUT2D eigenvalue weighted by Gasteiger charge is 2.22. The van der Waals surface area contributed by atoms with E-state index in [9.17, 15) is 4.79 Å². The van der Waals surface area contributed by atoms with Gasteiger partial charge in [-0.3, -0.25) is 4.79 Å². The van der Waals surface area contributed by atoms with Gasteiger partial charge in [-0.1, -0.05) is 26.0 Å². The maximum absolute atomic E-state index is 12.0. The molecule has 2 heterocycles. The van der Waals surface area contributed by atoms with E-state index >= 15 is 0 Å². The predicted octanol–water partition coefficient (Wildman–Crippen LogP) is 3.78. The molecule has 1 aliphatic heterocycles. The highest BCUT2D eigenvalue weighted by atomic mass is 16.5. The summed E-state index contributed by atoms with van der Waals surface area (Å²) in [4.78, 5) is 14.1. The average Bonchev–Trinajstić information content (AvgIpc) is 2.59. The van der Waals surface area contributed by atoms with Crippen molar-refractivity contribution in [3.05, 3.63) is 52.3 Å². The van der Waals surface area contributed by atoms with Crippen LogP contribution in [-0.4, -0.2) is 29.2 Å². The third-order valence-electron chi connectivity index (χ3n) is 3.79. The zero-order chi connectivity index (χ0) is 17.3. The Hall–Kier alpha value is -2.66. The van der Waals surface area contributed by atoms with Crippen LogP contribution in [0.15, 0.2) is 41.2 Å². The van der Waals surface area contributed by atoms with Crippen LogP contribution in [0, 0.1) is 0 Å². The van der Waals surface area contributed by atoms with Gasteiger partial charge in [0.05, 0.1) is 10.8 Å². The first-order valence-corrected chi connectivity index (χ1v) is 8.11. The van der Waals surface area contributed by atoms with Crippen molar-refractivity contribution in [2.75, 3.05) is 14.1 Å². The molecule has 1 aliphatic rings. The zero-order valence-corrected chi connectivity index (χ0v) is 14.4. The van der Waals surface area contributed by atoms with Crippen molar-refractivity contribution in [2.45, 2.75) is 20.4 Å². The summed E-state index contributed by atoms with van der Waals surface area (Å²) >= 11 is 0. The quantitative estimate of drug-likeness (QED) is 0.610. The van der Waals surface area contributed by atoms with Crippen LogP contribution in [0.3, 0.4) is 0 Å². The van der Waals surface area contributed by atoms with Crippen molar-refractivity contribution in [2.24, 2.45) is 0 Å². The Morgan fingerprint density at radius 1 is 1.12 bits per heavy atom. The van der Waals surface area contributed by atoms with Crippen LogP contribution in [0.4, 0.5) is 0 Å². The molecule has 5 heteroatoms. The fourth-order valence-electron chi connectivity index (χ4n) is 2.90. The molecule has 0 saturated carbocycles. The first kappa shape index (κ1) is 16.2. The number of nitrogens with one attached hydrogen (secondary N) is 1. The Bertz CT molecular complexity index is 945. The van der Waals surface area contributed by atoms with Crippen molar-refractivity contribution in [3.8, 4) is 22.8 Å². The molecule has 4 rings (SSSR count). The van der Waals surface area contributed by atoms with E-state index in [0.717, 1.165) is 28.9 Å². The zero-order valence-electron chi connectivity index (χ0n) is 14.4. The second-order valence-corrected chi connectivity index (χ2v) is 5.75. The molecule has 2 aromatic carbocycles. The fraction of sp³-hybridized carbons (Fsp3) is 0.263. The maximum Gasteiger partial charge on any atom is 0.272 e. The van der Waals surface area contributed by atoms with E-state index in [1.807, 2.05) is 46.1 Å². The van der Waals surface area contributed by atoms with Crippen molar-refractivity contribution >= 4 is 10.8 Å². The summed E-state index contributed by atoms with van der Waals surface area (Å²) in [5, 5.41) is 8.23. The van der Waals surface area contributed by atoms with Crippen LogP contribution >= 0.6 is 0 Å². The highest BCUT2D eigenvalue weighted by molar-refractivity contribution is 6.01. The first-order chi connectivity index (χ1) is 11.6. The van der Waals surface area contributed by atoms with E-state index in [1.54, 1.807) is 6.07 Å². The Labute approximate surface area is 140 Å². The number of ether oxygens (including phenoxy) is 1. The molecular formula is C19H21N3O2. The van der Waals surface area contributed by atoms with Crippen molar-refractivity contribution in [3.63, 3.8) is 0 Å². The van der Waals surface area contributed by atoms with E-state index in [2.05, 4.69) is 27.2 Å². The average molecular weight is 323 g/mol. The molecule has 0 fully saturated rings. The molecule has 124 valence electrons. The van der Waals surface area contributed by atoms with Gasteiger partial charge in [-0.2, -0.15) is 5.10 Å². The lowest BCUT2D eigenvalue weighted by Crippen LogP contribution is -2.13. The van der Waals surface area contributed by atoms with Crippen molar-refractivity contribution < 1.29 is 4.74 Å². The van der Waals surface area contributed by atoms with E-state index in [0.29, 0.717) is 11.1 Å². The monoisotopic (exact) mass is 323 g/mol. The lowest BCUT2D eigenvalue weighted by molar-refractivity contribution is 0.402. The van der Waals surface area contributed by atoms with Crippen LogP contribution in [0.5, 0.6) is 11.5 Å². The van der Waals surface area contributed by atoms with Gasteiger partial charge in [-0.25, -0.2) is 5.10 Å². The molecule has 0 saturated heterocycles. The van der Waals surface area contributed by atoms with Gasteiger partial charge < -0.3 is 9.64 Å². The highest BCUT2D eigenvalue weighted by Crippen LogP contribution is 2.44. The van der Waals surface area contributed by atoms with Gasteiger partial charge in [-0.15, -0.1) is 0 Å². The lowest BCUT2D eigenvalue weighted by Gasteiger charge is -2.21. The van der Waals surface area contributed by atoms with Gasteiger partial charge in [-0.05, 0) is 43.9 Å². The maximum atomic E-state index is 12.0. The summed E-state index contributed by atoms with van der Waals surface area (Å²) in [6.07, 6.45) is 0. The Morgan fingerprint density at radius 2 is 1.92 bits per heavy atom. The molecular weight excluding hydrogens is 302 g/mol. The third kappa shape index (κ3) is 2.67. The molecule has 0 aliphatic carbocycles. The Balaban J connectivity index is 0.000000815. The minimum Gasteiger partial charge on any atom is -0.456 e. The number of rotatable bonds is 2. The molecule has 1 N–H and O–H groups in total. The number of benzene rings is 2. The Morgan fingerprint density at radius 3 is 2.67 bits per heavy atom. The SMILES string of the molecule is CC.CN(C)Cc1ccc2c(c1)-c1n[nH]c(=O)c3cccc(c13)O2. The second kappa shape index (κ2) is 6.45. The van der Waals surface area contributed by atoms with Gasteiger partial charge in [0, 0.05) is 12.1 Å². The van der Waals surface area contributed by atoms with E-state index < -0.39 is 0 Å². The number of aromatic nitrogens is 2. The summed E-state index contributed by atoms with van der Waals surface area (Å²) in [6.45, 7) is 4.83. The molecule has 0 amide bonds. The lowest BCUT2D eigenvalue weighted by atomic mass is 9.99. The summed E-state index contributed by atoms with van der Waals surface area (Å²) < 4.78 is 5.96. The number of aromatic amines is 1. The van der Waals surface area contributed by atoms with Crippen LogP contribution in [0.1, 0.15) is 19.4 Å². The number of nitrogens with zero attached hydrogens (tertiary/aromatic N) is 2. The number of hydrogen-bond acceptors (Lipinski definition) is 4. The molecule has 0 unspecified atom stereocenters. The van der Waals surface area contributed by atoms with Crippen molar-refractivity contribution in [1.29, 1.82) is 0 Å². The first-order valence-electron chi connectivity index (χ1n) is 8.11. The topological polar surface area (TPSA) is 58.2 Å². The minimum absolute atomic E-state index is 0.197. The van der Waals surface area contributed by atoms with Gasteiger partial charge in [0.25, 0.3) is 5.56 Å². The minimum atomic E-state index is -0.197. The molecule has 24 heavy (non-hydrogen) atoms. The van der Waals surface area contributed by atoms with Gasteiger partial charge in [0.15, 0.2) is 0 Å². The van der Waals surface area contributed by atoms with Crippen molar-refractivity contribution in [1.82, 2.24) is 15.1 Å². The fourth-order valence-corrected chi connectivity index (χ4v) is 2.90. The van der Waals surface area contributed by atoms with Crippen LogP contribution in [-0.2, 0) is 6.54 Å². The molecule has 5 nitrogen and oxygen atoms in total. The number of fused-ring (bicyclic) bond motifs is 2. The smallest absolute Gasteiger partial charge is 0.272 e. The van der Waals surface area contributed by atoms with Crippen LogP contribution < -0.4 is 10.3 Å². The third-order valence-corrected chi connectivity index (χ3v) is 3.79.